The lowest BCUT2D eigenvalue weighted by molar-refractivity contribution is 0.891. The van der Waals surface area contributed by atoms with Gasteiger partial charge in [0, 0.05) is 10.6 Å². The Hall–Kier alpha value is -2.26. The molecule has 0 aliphatic rings. The molecule has 0 amide bonds. The number of hydrogen-bond acceptors (Lipinski definition) is 2. The van der Waals surface area contributed by atoms with Crippen molar-refractivity contribution >= 4 is 17.4 Å². The fourth-order valence-electron chi connectivity index (χ4n) is 2.13. The summed E-state index contributed by atoms with van der Waals surface area (Å²) in [5.41, 5.74) is 10.3. The van der Waals surface area contributed by atoms with Gasteiger partial charge in [0.1, 0.15) is 5.82 Å². The minimum Gasteiger partial charge on any atom is -0.383 e. The molecule has 0 atom stereocenters. The minimum atomic E-state index is 0.608. The van der Waals surface area contributed by atoms with Crippen LogP contribution in [-0.4, -0.2) is 9.78 Å². The Labute approximate surface area is 122 Å². The topological polar surface area (TPSA) is 43.8 Å². The van der Waals surface area contributed by atoms with Gasteiger partial charge in [0.2, 0.25) is 0 Å². The maximum atomic E-state index is 6.21. The lowest BCUT2D eigenvalue weighted by Crippen LogP contribution is -2.02. The van der Waals surface area contributed by atoms with Gasteiger partial charge in [-0.25, -0.2) is 4.68 Å². The smallest absolute Gasteiger partial charge is 0.135 e. The third kappa shape index (κ3) is 2.28. The van der Waals surface area contributed by atoms with E-state index in [1.807, 2.05) is 36.4 Å². The van der Waals surface area contributed by atoms with Crippen molar-refractivity contribution in [1.29, 1.82) is 0 Å². The number of nitrogens with two attached hydrogens (primary N) is 1. The summed E-state index contributed by atoms with van der Waals surface area (Å²) >= 11 is 6.01. The number of nitrogens with zero attached hydrogens (tertiary/aromatic N) is 2. The second-order valence-corrected chi connectivity index (χ2v) is 5.14. The van der Waals surface area contributed by atoms with Crippen LogP contribution in [0.3, 0.4) is 0 Å². The molecule has 0 bridgehead atoms. The standard InChI is InChI=1S/C16H14ClN3/c1-11-5-7-12(8-6-11)15-10-19-20(16(15)18)14-4-2-3-13(17)9-14/h2-10H,18H2,1H3. The first kappa shape index (κ1) is 12.8. The molecule has 4 heteroatoms. The monoisotopic (exact) mass is 283 g/mol. The Balaban J connectivity index is 2.07. The van der Waals surface area contributed by atoms with E-state index in [0.29, 0.717) is 10.8 Å². The SMILES string of the molecule is Cc1ccc(-c2cnn(-c3cccc(Cl)c3)c2N)cc1. The Morgan fingerprint density at radius 2 is 1.85 bits per heavy atom. The highest BCUT2D eigenvalue weighted by Gasteiger charge is 2.10. The largest absolute Gasteiger partial charge is 0.383 e. The van der Waals surface area contributed by atoms with E-state index in [2.05, 4.69) is 24.2 Å². The van der Waals surface area contributed by atoms with Crippen molar-refractivity contribution in [2.24, 2.45) is 0 Å². The highest BCUT2D eigenvalue weighted by molar-refractivity contribution is 6.30. The van der Waals surface area contributed by atoms with Gasteiger partial charge < -0.3 is 5.73 Å². The number of rotatable bonds is 2. The highest BCUT2D eigenvalue weighted by atomic mass is 35.5. The van der Waals surface area contributed by atoms with Gasteiger partial charge in [-0.3, -0.25) is 0 Å². The van der Waals surface area contributed by atoms with Gasteiger partial charge >= 0.3 is 0 Å². The summed E-state index contributed by atoms with van der Waals surface area (Å²) in [7, 11) is 0. The summed E-state index contributed by atoms with van der Waals surface area (Å²) in [6.07, 6.45) is 1.78. The van der Waals surface area contributed by atoms with Crippen LogP contribution in [0.1, 0.15) is 5.56 Å². The molecule has 0 aliphatic heterocycles. The average Bonchev–Trinajstić information content (AvgIpc) is 2.82. The lowest BCUT2D eigenvalue weighted by atomic mass is 10.1. The molecule has 0 spiro atoms. The Morgan fingerprint density at radius 1 is 1.10 bits per heavy atom. The van der Waals surface area contributed by atoms with Crippen molar-refractivity contribution in [1.82, 2.24) is 9.78 Å². The van der Waals surface area contributed by atoms with E-state index in [9.17, 15) is 0 Å². The average molecular weight is 284 g/mol. The van der Waals surface area contributed by atoms with Crippen LogP contribution in [0.4, 0.5) is 5.82 Å². The lowest BCUT2D eigenvalue weighted by Gasteiger charge is -2.06. The van der Waals surface area contributed by atoms with Gasteiger partial charge in [0.05, 0.1) is 11.9 Å². The maximum absolute atomic E-state index is 6.21. The van der Waals surface area contributed by atoms with Crippen LogP contribution in [0, 0.1) is 6.92 Å². The molecule has 0 aliphatic carbocycles. The van der Waals surface area contributed by atoms with E-state index in [-0.39, 0.29) is 0 Å². The van der Waals surface area contributed by atoms with Crippen LogP contribution in [0.15, 0.2) is 54.7 Å². The van der Waals surface area contributed by atoms with Gasteiger partial charge in [-0.1, -0.05) is 47.5 Å². The number of nitrogen functional groups attached to an aromatic ring is 1. The zero-order valence-electron chi connectivity index (χ0n) is 11.0. The molecular weight excluding hydrogens is 270 g/mol. The fourth-order valence-corrected chi connectivity index (χ4v) is 2.31. The van der Waals surface area contributed by atoms with Crippen LogP contribution >= 0.6 is 11.6 Å². The highest BCUT2D eigenvalue weighted by Crippen LogP contribution is 2.28. The molecule has 0 saturated heterocycles. The Kier molecular flexibility index (Phi) is 3.20. The van der Waals surface area contributed by atoms with Gasteiger partial charge in [0.15, 0.2) is 0 Å². The second kappa shape index (κ2) is 5.02. The van der Waals surface area contributed by atoms with Crippen LogP contribution in [-0.2, 0) is 0 Å². The number of aromatic nitrogens is 2. The van der Waals surface area contributed by atoms with Crippen LogP contribution in [0.25, 0.3) is 16.8 Å². The number of benzene rings is 2. The quantitative estimate of drug-likeness (QED) is 0.770. The molecule has 2 aromatic carbocycles. The fraction of sp³-hybridized carbons (Fsp3) is 0.0625. The number of aryl methyl sites for hydroxylation is 1. The van der Waals surface area contributed by atoms with E-state index in [1.165, 1.54) is 5.56 Å². The molecule has 3 aromatic rings. The number of halogens is 1. The molecule has 1 heterocycles. The normalized spacial score (nSPS) is 10.7. The molecule has 0 saturated carbocycles. The molecule has 2 N–H and O–H groups in total. The summed E-state index contributed by atoms with van der Waals surface area (Å²) in [5, 5.41) is 5.02. The van der Waals surface area contributed by atoms with E-state index in [4.69, 9.17) is 17.3 Å². The van der Waals surface area contributed by atoms with Crippen molar-refractivity contribution < 1.29 is 0 Å². The zero-order chi connectivity index (χ0) is 14.1. The Morgan fingerprint density at radius 3 is 2.55 bits per heavy atom. The molecule has 20 heavy (non-hydrogen) atoms. The van der Waals surface area contributed by atoms with Crippen LogP contribution in [0.2, 0.25) is 5.02 Å². The van der Waals surface area contributed by atoms with Crippen molar-refractivity contribution in [2.75, 3.05) is 5.73 Å². The van der Waals surface area contributed by atoms with Crippen molar-refractivity contribution in [3.63, 3.8) is 0 Å². The van der Waals surface area contributed by atoms with Gasteiger partial charge in [-0.05, 0) is 30.7 Å². The summed E-state index contributed by atoms with van der Waals surface area (Å²) in [6, 6.07) is 15.7. The summed E-state index contributed by atoms with van der Waals surface area (Å²) in [5.74, 6) is 0.608. The van der Waals surface area contributed by atoms with Crippen LogP contribution in [0.5, 0.6) is 0 Å². The van der Waals surface area contributed by atoms with Crippen molar-refractivity contribution in [3.05, 3.63) is 65.3 Å². The molecule has 1 aromatic heterocycles. The summed E-state index contributed by atoms with van der Waals surface area (Å²) in [6.45, 7) is 2.06. The van der Waals surface area contributed by atoms with E-state index in [1.54, 1.807) is 10.9 Å². The Bertz CT molecular complexity index is 745. The van der Waals surface area contributed by atoms with Crippen molar-refractivity contribution in [3.8, 4) is 16.8 Å². The second-order valence-electron chi connectivity index (χ2n) is 4.70. The molecule has 0 unspecified atom stereocenters. The summed E-state index contributed by atoms with van der Waals surface area (Å²) in [4.78, 5) is 0. The van der Waals surface area contributed by atoms with E-state index < -0.39 is 0 Å². The molecule has 100 valence electrons. The summed E-state index contributed by atoms with van der Waals surface area (Å²) < 4.78 is 1.70. The zero-order valence-corrected chi connectivity index (χ0v) is 11.8. The predicted octanol–water partition coefficient (Wildman–Crippen LogP) is 4.08. The molecule has 3 rings (SSSR count). The van der Waals surface area contributed by atoms with Gasteiger partial charge in [0.25, 0.3) is 0 Å². The van der Waals surface area contributed by atoms with E-state index >= 15 is 0 Å². The molecule has 0 radical (unpaired) electrons. The van der Waals surface area contributed by atoms with Crippen LogP contribution < -0.4 is 5.73 Å². The van der Waals surface area contributed by atoms with Gasteiger partial charge in [-0.15, -0.1) is 0 Å². The molecule has 0 fully saturated rings. The van der Waals surface area contributed by atoms with Gasteiger partial charge in [-0.2, -0.15) is 5.10 Å². The maximum Gasteiger partial charge on any atom is 0.135 e. The first-order chi connectivity index (χ1) is 9.65. The van der Waals surface area contributed by atoms with Crippen molar-refractivity contribution in [2.45, 2.75) is 6.92 Å². The first-order valence-electron chi connectivity index (χ1n) is 6.31. The van der Waals surface area contributed by atoms with E-state index in [0.717, 1.165) is 16.8 Å². The first-order valence-corrected chi connectivity index (χ1v) is 6.69. The minimum absolute atomic E-state index is 0.608. The number of anilines is 1. The third-order valence-electron chi connectivity index (χ3n) is 3.22. The predicted molar refractivity (Wildman–Crippen MR) is 83.2 cm³/mol. The third-order valence-corrected chi connectivity index (χ3v) is 3.46. The molecule has 3 nitrogen and oxygen atoms in total. The number of hydrogen-bond donors (Lipinski definition) is 1. The molecular formula is C16H14ClN3.